The monoisotopic (exact) mass is 261 g/mol. The predicted octanol–water partition coefficient (Wildman–Crippen LogP) is 0.798. The SMILES string of the molecule is Nc1ccc(C(=O)NC2CN3CCC2CC3)cc1O. The summed E-state index contributed by atoms with van der Waals surface area (Å²) < 4.78 is 0. The molecule has 1 atom stereocenters. The van der Waals surface area contributed by atoms with Crippen molar-refractivity contribution in [1.29, 1.82) is 0 Å². The summed E-state index contributed by atoms with van der Waals surface area (Å²) in [6.45, 7) is 3.25. The summed E-state index contributed by atoms with van der Waals surface area (Å²) in [5.41, 5.74) is 6.29. The van der Waals surface area contributed by atoms with E-state index in [-0.39, 0.29) is 17.7 Å². The zero-order valence-corrected chi connectivity index (χ0v) is 10.8. The maximum atomic E-state index is 12.2. The predicted molar refractivity (Wildman–Crippen MR) is 72.9 cm³/mol. The number of anilines is 1. The number of benzene rings is 1. The molecule has 3 aliphatic heterocycles. The Balaban J connectivity index is 1.69. The number of nitrogens with one attached hydrogen (secondary N) is 1. The van der Waals surface area contributed by atoms with Gasteiger partial charge in [-0.15, -0.1) is 0 Å². The standard InChI is InChI=1S/C14H19N3O2/c15-11-2-1-10(7-13(11)18)14(19)16-12-8-17-5-3-9(12)4-6-17/h1-2,7,9,12,18H,3-6,8,15H2,(H,16,19). The van der Waals surface area contributed by atoms with Crippen molar-refractivity contribution in [2.24, 2.45) is 5.92 Å². The van der Waals surface area contributed by atoms with Crippen LogP contribution in [0.25, 0.3) is 0 Å². The van der Waals surface area contributed by atoms with Crippen LogP contribution in [-0.2, 0) is 0 Å². The third-order valence-electron chi connectivity index (χ3n) is 4.27. The van der Waals surface area contributed by atoms with Gasteiger partial charge in [0, 0.05) is 18.2 Å². The van der Waals surface area contributed by atoms with Crippen LogP contribution in [0.4, 0.5) is 5.69 Å². The highest BCUT2D eigenvalue weighted by Gasteiger charge is 2.34. The normalized spacial score (nSPS) is 29.2. The van der Waals surface area contributed by atoms with Gasteiger partial charge in [-0.05, 0) is 50.0 Å². The van der Waals surface area contributed by atoms with Crippen LogP contribution in [0, 0.1) is 5.92 Å². The van der Waals surface area contributed by atoms with Crippen molar-refractivity contribution in [2.45, 2.75) is 18.9 Å². The third kappa shape index (κ3) is 2.38. The fourth-order valence-corrected chi connectivity index (χ4v) is 3.07. The Labute approximate surface area is 112 Å². The van der Waals surface area contributed by atoms with Crippen LogP contribution < -0.4 is 11.1 Å². The van der Waals surface area contributed by atoms with E-state index in [2.05, 4.69) is 10.2 Å². The first-order chi connectivity index (χ1) is 9.13. The molecule has 1 unspecified atom stereocenters. The molecular formula is C14H19N3O2. The number of hydrogen-bond acceptors (Lipinski definition) is 4. The number of rotatable bonds is 2. The van der Waals surface area contributed by atoms with Gasteiger partial charge in [-0.3, -0.25) is 4.79 Å². The van der Waals surface area contributed by atoms with Gasteiger partial charge in [0.2, 0.25) is 0 Å². The second kappa shape index (κ2) is 4.74. The van der Waals surface area contributed by atoms with Crippen LogP contribution in [0.2, 0.25) is 0 Å². The number of nitrogen functional groups attached to an aromatic ring is 1. The molecule has 3 fully saturated rings. The quantitative estimate of drug-likeness (QED) is 0.543. The molecule has 5 heteroatoms. The van der Waals surface area contributed by atoms with E-state index in [4.69, 9.17) is 5.73 Å². The second-order valence-corrected chi connectivity index (χ2v) is 5.49. The molecule has 4 rings (SSSR count). The summed E-state index contributed by atoms with van der Waals surface area (Å²) in [5.74, 6) is 0.423. The van der Waals surface area contributed by atoms with Crippen LogP contribution in [-0.4, -0.2) is 41.6 Å². The molecule has 0 radical (unpaired) electrons. The van der Waals surface area contributed by atoms with Crippen molar-refractivity contribution in [1.82, 2.24) is 10.2 Å². The Kier molecular flexibility index (Phi) is 3.06. The molecule has 0 spiro atoms. The van der Waals surface area contributed by atoms with Crippen LogP contribution in [0.1, 0.15) is 23.2 Å². The highest BCUT2D eigenvalue weighted by atomic mass is 16.3. The van der Waals surface area contributed by atoms with Crippen molar-refractivity contribution < 1.29 is 9.90 Å². The molecule has 4 N–H and O–H groups in total. The van der Waals surface area contributed by atoms with Crippen molar-refractivity contribution in [3.63, 3.8) is 0 Å². The summed E-state index contributed by atoms with van der Waals surface area (Å²) in [6, 6.07) is 4.85. The highest BCUT2D eigenvalue weighted by molar-refractivity contribution is 5.95. The fourth-order valence-electron chi connectivity index (χ4n) is 3.07. The number of carbonyl (C=O) groups excluding carboxylic acids is 1. The molecule has 19 heavy (non-hydrogen) atoms. The van der Waals surface area contributed by atoms with Crippen LogP contribution >= 0.6 is 0 Å². The summed E-state index contributed by atoms with van der Waals surface area (Å²) in [7, 11) is 0. The topological polar surface area (TPSA) is 78.6 Å². The minimum Gasteiger partial charge on any atom is -0.506 e. The molecular weight excluding hydrogens is 242 g/mol. The van der Waals surface area contributed by atoms with Gasteiger partial charge in [0.05, 0.1) is 5.69 Å². The Morgan fingerprint density at radius 1 is 1.37 bits per heavy atom. The largest absolute Gasteiger partial charge is 0.506 e. The number of nitrogens with two attached hydrogens (primary N) is 1. The van der Waals surface area contributed by atoms with Gasteiger partial charge in [0.25, 0.3) is 5.91 Å². The van der Waals surface area contributed by atoms with Crippen LogP contribution in [0.5, 0.6) is 5.75 Å². The minimum absolute atomic E-state index is 0.0402. The number of nitrogens with zero attached hydrogens (tertiary/aromatic N) is 1. The number of amides is 1. The van der Waals surface area contributed by atoms with Crippen LogP contribution in [0.15, 0.2) is 18.2 Å². The molecule has 1 aromatic rings. The summed E-state index contributed by atoms with van der Waals surface area (Å²) in [5, 5.41) is 12.6. The van der Waals surface area contributed by atoms with E-state index in [1.54, 1.807) is 12.1 Å². The first-order valence-electron chi connectivity index (χ1n) is 6.75. The molecule has 3 saturated heterocycles. The molecule has 3 aliphatic rings. The molecule has 3 heterocycles. The summed E-state index contributed by atoms with van der Waals surface area (Å²) in [4.78, 5) is 14.6. The van der Waals surface area contributed by atoms with Gasteiger partial charge >= 0.3 is 0 Å². The number of fused-ring (bicyclic) bond motifs is 3. The molecule has 5 nitrogen and oxygen atoms in total. The van der Waals surface area contributed by atoms with E-state index in [1.807, 2.05) is 0 Å². The van der Waals surface area contributed by atoms with E-state index in [1.165, 1.54) is 6.07 Å². The number of aromatic hydroxyl groups is 1. The lowest BCUT2D eigenvalue weighted by Gasteiger charge is -2.44. The van der Waals surface area contributed by atoms with Crippen molar-refractivity contribution in [3.8, 4) is 5.75 Å². The molecule has 102 valence electrons. The average Bonchev–Trinajstić information content (AvgIpc) is 2.43. The Bertz CT molecular complexity index is 495. The first-order valence-corrected chi connectivity index (χ1v) is 6.75. The summed E-state index contributed by atoms with van der Waals surface area (Å²) in [6.07, 6.45) is 2.33. The number of phenolic OH excluding ortho intramolecular Hbond substituents is 1. The van der Waals surface area contributed by atoms with Gasteiger partial charge in [-0.2, -0.15) is 0 Å². The lowest BCUT2D eigenvalue weighted by molar-refractivity contribution is 0.0620. The maximum Gasteiger partial charge on any atom is 0.251 e. The smallest absolute Gasteiger partial charge is 0.251 e. The first kappa shape index (κ1) is 12.3. The highest BCUT2D eigenvalue weighted by Crippen LogP contribution is 2.28. The van der Waals surface area contributed by atoms with Crippen molar-refractivity contribution in [3.05, 3.63) is 23.8 Å². The van der Waals surface area contributed by atoms with Gasteiger partial charge in [-0.1, -0.05) is 0 Å². The second-order valence-electron chi connectivity index (χ2n) is 5.49. The molecule has 0 aliphatic carbocycles. The average molecular weight is 261 g/mol. The van der Waals surface area contributed by atoms with E-state index in [0.29, 0.717) is 17.2 Å². The van der Waals surface area contributed by atoms with Crippen molar-refractivity contribution >= 4 is 11.6 Å². The number of carbonyl (C=O) groups is 1. The zero-order valence-electron chi connectivity index (χ0n) is 10.8. The van der Waals surface area contributed by atoms with Crippen molar-refractivity contribution in [2.75, 3.05) is 25.4 Å². The number of piperidine rings is 3. The van der Waals surface area contributed by atoms with E-state index >= 15 is 0 Å². The lowest BCUT2D eigenvalue weighted by Crippen LogP contribution is -2.57. The maximum absolute atomic E-state index is 12.2. The number of phenols is 1. The number of hydrogen-bond donors (Lipinski definition) is 3. The zero-order chi connectivity index (χ0) is 13.4. The molecule has 2 bridgehead atoms. The van der Waals surface area contributed by atoms with Gasteiger partial charge in [0.1, 0.15) is 5.75 Å². The Morgan fingerprint density at radius 3 is 2.68 bits per heavy atom. The van der Waals surface area contributed by atoms with Gasteiger partial charge in [0.15, 0.2) is 0 Å². The lowest BCUT2D eigenvalue weighted by atomic mass is 9.84. The third-order valence-corrected chi connectivity index (χ3v) is 4.27. The van der Waals surface area contributed by atoms with Crippen LogP contribution in [0.3, 0.4) is 0 Å². The minimum atomic E-state index is -0.131. The van der Waals surface area contributed by atoms with Gasteiger partial charge < -0.3 is 21.1 Å². The fraction of sp³-hybridized carbons (Fsp3) is 0.500. The van der Waals surface area contributed by atoms with Gasteiger partial charge in [-0.25, -0.2) is 0 Å². The van der Waals surface area contributed by atoms with E-state index in [0.717, 1.165) is 32.5 Å². The Morgan fingerprint density at radius 2 is 2.11 bits per heavy atom. The van der Waals surface area contributed by atoms with E-state index in [9.17, 15) is 9.90 Å². The molecule has 0 saturated carbocycles. The molecule has 0 aromatic heterocycles. The molecule has 1 aromatic carbocycles. The Hall–Kier alpha value is -1.75. The molecule has 1 amide bonds. The van der Waals surface area contributed by atoms with E-state index < -0.39 is 0 Å². The summed E-state index contributed by atoms with van der Waals surface area (Å²) >= 11 is 0.